The number of aromatic nitrogens is 2. The third-order valence-corrected chi connectivity index (χ3v) is 3.34. The van der Waals surface area contributed by atoms with Crippen LogP contribution in [0.2, 0.25) is 0 Å². The second kappa shape index (κ2) is 5.56. The van der Waals surface area contributed by atoms with Gasteiger partial charge < -0.3 is 10.1 Å². The largest absolute Gasteiger partial charge is 0.381 e. The Labute approximate surface area is 103 Å². The quantitative estimate of drug-likeness (QED) is 0.864. The van der Waals surface area contributed by atoms with Crippen LogP contribution < -0.4 is 5.32 Å². The molecule has 0 amide bonds. The van der Waals surface area contributed by atoms with Gasteiger partial charge >= 0.3 is 0 Å². The van der Waals surface area contributed by atoms with Crippen molar-refractivity contribution in [2.75, 3.05) is 19.8 Å². The molecule has 4 heteroatoms. The van der Waals surface area contributed by atoms with Crippen molar-refractivity contribution in [1.82, 2.24) is 15.5 Å². The lowest BCUT2D eigenvalue weighted by Gasteiger charge is -2.24. The molecular weight excluding hydrogens is 214 g/mol. The zero-order valence-corrected chi connectivity index (χ0v) is 10.9. The highest BCUT2D eigenvalue weighted by Crippen LogP contribution is 2.30. The molecule has 1 saturated heterocycles. The van der Waals surface area contributed by atoms with Crippen molar-refractivity contribution < 1.29 is 4.74 Å². The van der Waals surface area contributed by atoms with Gasteiger partial charge in [0.15, 0.2) is 0 Å². The minimum atomic E-state index is 0.344. The smallest absolute Gasteiger partial charge is 0.0648 e. The standard InChI is InChI=1S/C13H21N3O/c1-4-14-13(11-5-6-17-8-11)12-7-9(2)15-16-10(12)3/h7,11,13-14H,4-6,8H2,1-3H3. The first-order chi connectivity index (χ1) is 8.22. The molecule has 0 bridgehead atoms. The summed E-state index contributed by atoms with van der Waals surface area (Å²) in [6.45, 7) is 8.84. The molecule has 0 aliphatic carbocycles. The minimum absolute atomic E-state index is 0.344. The van der Waals surface area contributed by atoms with Gasteiger partial charge in [-0.2, -0.15) is 10.2 Å². The van der Waals surface area contributed by atoms with Gasteiger partial charge in [-0.1, -0.05) is 6.92 Å². The molecule has 1 aliphatic rings. The Bertz CT molecular complexity index is 375. The number of hydrogen-bond acceptors (Lipinski definition) is 4. The summed E-state index contributed by atoms with van der Waals surface area (Å²) >= 11 is 0. The molecular formula is C13H21N3O. The minimum Gasteiger partial charge on any atom is -0.381 e. The maximum atomic E-state index is 5.50. The Morgan fingerprint density at radius 1 is 1.47 bits per heavy atom. The second-order valence-electron chi connectivity index (χ2n) is 4.69. The maximum absolute atomic E-state index is 5.50. The Balaban J connectivity index is 2.27. The zero-order chi connectivity index (χ0) is 12.3. The van der Waals surface area contributed by atoms with Gasteiger partial charge in [-0.25, -0.2) is 0 Å². The van der Waals surface area contributed by atoms with E-state index in [9.17, 15) is 0 Å². The van der Waals surface area contributed by atoms with E-state index in [4.69, 9.17) is 4.74 Å². The number of nitrogens with zero attached hydrogens (tertiary/aromatic N) is 2. The van der Waals surface area contributed by atoms with Crippen molar-refractivity contribution >= 4 is 0 Å². The van der Waals surface area contributed by atoms with Gasteiger partial charge in [0.05, 0.1) is 18.0 Å². The van der Waals surface area contributed by atoms with Crippen LogP contribution in [-0.2, 0) is 4.74 Å². The van der Waals surface area contributed by atoms with Gasteiger partial charge in [0.25, 0.3) is 0 Å². The topological polar surface area (TPSA) is 47.0 Å². The number of ether oxygens (including phenoxy) is 1. The molecule has 2 atom stereocenters. The third kappa shape index (κ3) is 2.82. The molecule has 1 fully saturated rings. The highest BCUT2D eigenvalue weighted by atomic mass is 16.5. The van der Waals surface area contributed by atoms with Gasteiger partial charge in [0, 0.05) is 18.6 Å². The number of rotatable bonds is 4. The number of nitrogens with one attached hydrogen (secondary N) is 1. The monoisotopic (exact) mass is 235 g/mol. The van der Waals surface area contributed by atoms with E-state index in [-0.39, 0.29) is 0 Å². The van der Waals surface area contributed by atoms with Gasteiger partial charge in [-0.05, 0) is 38.4 Å². The van der Waals surface area contributed by atoms with Crippen LogP contribution in [0.3, 0.4) is 0 Å². The van der Waals surface area contributed by atoms with Gasteiger partial charge in [-0.3, -0.25) is 0 Å². The lowest BCUT2D eigenvalue weighted by Crippen LogP contribution is -2.29. The summed E-state index contributed by atoms with van der Waals surface area (Å²) in [5, 5.41) is 11.9. The molecule has 0 spiro atoms. The average molecular weight is 235 g/mol. The van der Waals surface area contributed by atoms with Crippen LogP contribution in [0.5, 0.6) is 0 Å². The fraction of sp³-hybridized carbons (Fsp3) is 0.692. The molecule has 1 N–H and O–H groups in total. The molecule has 1 aliphatic heterocycles. The highest BCUT2D eigenvalue weighted by Gasteiger charge is 2.28. The van der Waals surface area contributed by atoms with Gasteiger partial charge in [-0.15, -0.1) is 0 Å². The fourth-order valence-corrected chi connectivity index (χ4v) is 2.45. The van der Waals surface area contributed by atoms with Gasteiger partial charge in [0.2, 0.25) is 0 Å². The summed E-state index contributed by atoms with van der Waals surface area (Å²) in [6.07, 6.45) is 1.12. The summed E-state index contributed by atoms with van der Waals surface area (Å²) in [7, 11) is 0. The van der Waals surface area contributed by atoms with E-state index in [0.29, 0.717) is 12.0 Å². The summed E-state index contributed by atoms with van der Waals surface area (Å²) in [6, 6.07) is 2.49. The zero-order valence-electron chi connectivity index (χ0n) is 10.9. The normalized spacial score (nSPS) is 21.7. The van der Waals surface area contributed by atoms with E-state index in [1.165, 1.54) is 5.56 Å². The van der Waals surface area contributed by atoms with Crippen molar-refractivity contribution in [3.8, 4) is 0 Å². The molecule has 2 unspecified atom stereocenters. The summed E-state index contributed by atoms with van der Waals surface area (Å²) in [5.41, 5.74) is 3.27. The van der Waals surface area contributed by atoms with E-state index < -0.39 is 0 Å². The van der Waals surface area contributed by atoms with Crippen molar-refractivity contribution in [1.29, 1.82) is 0 Å². The Kier molecular flexibility index (Phi) is 4.07. The first kappa shape index (κ1) is 12.5. The first-order valence-electron chi connectivity index (χ1n) is 6.34. The SMILES string of the molecule is CCNC(c1cc(C)nnc1C)C1CCOC1. The van der Waals surface area contributed by atoms with Crippen LogP contribution in [0.15, 0.2) is 6.07 Å². The molecule has 0 radical (unpaired) electrons. The Hall–Kier alpha value is -1.00. The molecule has 17 heavy (non-hydrogen) atoms. The molecule has 2 rings (SSSR count). The molecule has 0 saturated carbocycles. The van der Waals surface area contributed by atoms with Crippen LogP contribution in [0.1, 0.15) is 36.3 Å². The molecule has 1 aromatic heterocycles. The summed E-state index contributed by atoms with van der Waals surface area (Å²) in [5.74, 6) is 0.553. The van der Waals surface area contributed by atoms with E-state index in [1.54, 1.807) is 0 Å². The van der Waals surface area contributed by atoms with E-state index in [2.05, 4.69) is 28.5 Å². The van der Waals surface area contributed by atoms with Crippen LogP contribution in [0.25, 0.3) is 0 Å². The fourth-order valence-electron chi connectivity index (χ4n) is 2.45. The molecule has 4 nitrogen and oxygen atoms in total. The van der Waals surface area contributed by atoms with Crippen LogP contribution >= 0.6 is 0 Å². The van der Waals surface area contributed by atoms with Crippen molar-refractivity contribution in [2.45, 2.75) is 33.2 Å². The van der Waals surface area contributed by atoms with Crippen LogP contribution in [0.4, 0.5) is 0 Å². The highest BCUT2D eigenvalue weighted by molar-refractivity contribution is 5.24. The van der Waals surface area contributed by atoms with E-state index in [1.807, 2.05) is 13.8 Å². The molecule has 0 aromatic carbocycles. The maximum Gasteiger partial charge on any atom is 0.0648 e. The van der Waals surface area contributed by atoms with Gasteiger partial charge in [0.1, 0.15) is 0 Å². The van der Waals surface area contributed by atoms with Crippen molar-refractivity contribution in [3.05, 3.63) is 23.0 Å². The lowest BCUT2D eigenvalue weighted by molar-refractivity contribution is 0.177. The number of hydrogen-bond donors (Lipinski definition) is 1. The predicted molar refractivity (Wildman–Crippen MR) is 66.8 cm³/mol. The van der Waals surface area contributed by atoms with E-state index >= 15 is 0 Å². The molecule has 1 aromatic rings. The molecule has 2 heterocycles. The number of aryl methyl sites for hydroxylation is 2. The van der Waals surface area contributed by atoms with Crippen LogP contribution in [-0.4, -0.2) is 30.0 Å². The summed E-state index contributed by atoms with van der Waals surface area (Å²) < 4.78 is 5.50. The van der Waals surface area contributed by atoms with E-state index in [0.717, 1.165) is 37.6 Å². The Morgan fingerprint density at radius 3 is 2.94 bits per heavy atom. The summed E-state index contributed by atoms with van der Waals surface area (Å²) in [4.78, 5) is 0. The van der Waals surface area contributed by atoms with Crippen molar-refractivity contribution in [2.24, 2.45) is 5.92 Å². The molecule has 94 valence electrons. The predicted octanol–water partition coefficient (Wildman–Crippen LogP) is 1.78. The average Bonchev–Trinajstić information content (AvgIpc) is 2.83. The third-order valence-electron chi connectivity index (χ3n) is 3.34. The lowest BCUT2D eigenvalue weighted by atomic mass is 9.91. The first-order valence-corrected chi connectivity index (χ1v) is 6.34. The van der Waals surface area contributed by atoms with Crippen molar-refractivity contribution in [3.63, 3.8) is 0 Å². The van der Waals surface area contributed by atoms with Crippen LogP contribution in [0, 0.1) is 19.8 Å². The second-order valence-corrected chi connectivity index (χ2v) is 4.69. The Morgan fingerprint density at radius 2 is 2.29 bits per heavy atom.